The average Bonchev–Trinajstić information content (AvgIpc) is 3.16. The van der Waals surface area contributed by atoms with Gasteiger partial charge in [0.05, 0.1) is 30.8 Å². The van der Waals surface area contributed by atoms with Crippen molar-refractivity contribution in [3.05, 3.63) is 53.9 Å². The quantitative estimate of drug-likeness (QED) is 0.811. The summed E-state index contributed by atoms with van der Waals surface area (Å²) in [5.74, 6) is -1.64. The van der Waals surface area contributed by atoms with Gasteiger partial charge in [0.25, 0.3) is 5.91 Å². The van der Waals surface area contributed by atoms with Crippen LogP contribution in [0.15, 0.2) is 42.7 Å². The number of piperidine rings is 1. The van der Waals surface area contributed by atoms with Gasteiger partial charge in [-0.2, -0.15) is 5.10 Å². The molecule has 2 amide bonds. The van der Waals surface area contributed by atoms with E-state index in [2.05, 4.69) is 5.10 Å². The van der Waals surface area contributed by atoms with Crippen LogP contribution in [-0.4, -0.2) is 69.2 Å². The second kappa shape index (κ2) is 8.69. The van der Waals surface area contributed by atoms with Gasteiger partial charge in [0.2, 0.25) is 5.91 Å². The molecule has 0 radical (unpaired) electrons. The van der Waals surface area contributed by atoms with Gasteiger partial charge in [-0.05, 0) is 18.4 Å². The largest absolute Gasteiger partial charge is 0.481 e. The molecule has 1 aliphatic heterocycles. The van der Waals surface area contributed by atoms with Crippen LogP contribution < -0.4 is 0 Å². The molecule has 0 bridgehead atoms. The maximum absolute atomic E-state index is 12.6. The molecule has 1 N–H and O–H groups in total. The summed E-state index contributed by atoms with van der Waals surface area (Å²) in [6.07, 6.45) is 4.08. The third-order valence-electron chi connectivity index (χ3n) is 4.98. The van der Waals surface area contributed by atoms with Gasteiger partial charge in [0.15, 0.2) is 0 Å². The molecule has 2 aromatic rings. The van der Waals surface area contributed by atoms with E-state index in [-0.39, 0.29) is 24.3 Å². The van der Waals surface area contributed by atoms with Crippen molar-refractivity contribution in [3.63, 3.8) is 0 Å². The maximum atomic E-state index is 12.6. The zero-order valence-electron chi connectivity index (χ0n) is 15.8. The first-order valence-electron chi connectivity index (χ1n) is 9.26. The molecule has 0 saturated carbocycles. The molecule has 1 aromatic heterocycles. The van der Waals surface area contributed by atoms with E-state index in [1.165, 1.54) is 11.1 Å². The third-order valence-corrected chi connectivity index (χ3v) is 4.98. The monoisotopic (exact) mass is 384 g/mol. The van der Waals surface area contributed by atoms with E-state index in [4.69, 9.17) is 5.11 Å². The Morgan fingerprint density at radius 3 is 2.50 bits per heavy atom. The number of benzene rings is 1. The number of carboxylic acid groups (broad SMARTS) is 1. The minimum absolute atomic E-state index is 0.0412. The highest BCUT2D eigenvalue weighted by Gasteiger charge is 2.28. The Labute approximate surface area is 163 Å². The maximum Gasteiger partial charge on any atom is 0.306 e. The zero-order chi connectivity index (χ0) is 20.1. The summed E-state index contributed by atoms with van der Waals surface area (Å²) < 4.78 is 1.69. The van der Waals surface area contributed by atoms with Gasteiger partial charge in [0, 0.05) is 26.3 Å². The van der Waals surface area contributed by atoms with E-state index in [1.54, 1.807) is 22.8 Å². The Kier molecular flexibility index (Phi) is 6.08. The summed E-state index contributed by atoms with van der Waals surface area (Å²) in [5, 5.41) is 13.3. The predicted molar refractivity (Wildman–Crippen MR) is 102 cm³/mol. The van der Waals surface area contributed by atoms with Crippen molar-refractivity contribution in [2.24, 2.45) is 5.92 Å². The molecule has 28 heavy (non-hydrogen) atoms. The number of carbonyl (C=O) groups is 3. The molecule has 3 rings (SSSR count). The number of hydrogen-bond donors (Lipinski definition) is 1. The topological polar surface area (TPSA) is 95.7 Å². The summed E-state index contributed by atoms with van der Waals surface area (Å²) in [4.78, 5) is 39.0. The molecule has 0 atom stereocenters. The van der Waals surface area contributed by atoms with Crippen molar-refractivity contribution in [3.8, 4) is 0 Å². The number of amides is 2. The van der Waals surface area contributed by atoms with E-state index >= 15 is 0 Å². The number of nitrogens with zero attached hydrogens (tertiary/aromatic N) is 4. The third kappa shape index (κ3) is 4.76. The zero-order valence-corrected chi connectivity index (χ0v) is 15.8. The average molecular weight is 384 g/mol. The lowest BCUT2D eigenvalue weighted by atomic mass is 9.97. The Morgan fingerprint density at radius 1 is 1.18 bits per heavy atom. The SMILES string of the molecule is CN(CC(=O)N1CCC(C(=O)O)CC1)C(=O)c1cnn(Cc2ccccc2)c1. The number of aromatic nitrogens is 2. The Hall–Kier alpha value is -3.16. The van der Waals surface area contributed by atoms with E-state index in [1.807, 2.05) is 30.3 Å². The van der Waals surface area contributed by atoms with E-state index in [0.717, 1.165) is 5.56 Å². The minimum Gasteiger partial charge on any atom is -0.481 e. The molecule has 1 saturated heterocycles. The van der Waals surface area contributed by atoms with Gasteiger partial charge in [0.1, 0.15) is 0 Å². The van der Waals surface area contributed by atoms with E-state index in [0.29, 0.717) is 38.0 Å². The summed E-state index contributed by atoms with van der Waals surface area (Å²) in [6.45, 7) is 1.34. The Morgan fingerprint density at radius 2 is 1.86 bits per heavy atom. The number of likely N-dealkylation sites (N-methyl/N-ethyl adjacent to an activating group) is 1. The minimum atomic E-state index is -0.813. The summed E-state index contributed by atoms with van der Waals surface area (Å²) in [7, 11) is 1.58. The molecule has 8 nitrogen and oxygen atoms in total. The smallest absolute Gasteiger partial charge is 0.306 e. The highest BCUT2D eigenvalue weighted by molar-refractivity contribution is 5.96. The van der Waals surface area contributed by atoms with Crippen LogP contribution in [-0.2, 0) is 16.1 Å². The van der Waals surface area contributed by atoms with Gasteiger partial charge >= 0.3 is 5.97 Å². The number of carbonyl (C=O) groups excluding carboxylic acids is 2. The van der Waals surface area contributed by atoms with Gasteiger partial charge in [-0.1, -0.05) is 30.3 Å². The molecule has 0 unspecified atom stereocenters. The van der Waals surface area contributed by atoms with Crippen LogP contribution in [0.2, 0.25) is 0 Å². The molecule has 2 heterocycles. The van der Waals surface area contributed by atoms with E-state index < -0.39 is 5.97 Å². The number of hydrogen-bond acceptors (Lipinski definition) is 4. The van der Waals surface area contributed by atoms with Gasteiger partial charge in [-0.3, -0.25) is 19.1 Å². The molecule has 1 fully saturated rings. The van der Waals surface area contributed by atoms with Crippen LogP contribution >= 0.6 is 0 Å². The first-order valence-corrected chi connectivity index (χ1v) is 9.26. The highest BCUT2D eigenvalue weighted by Crippen LogP contribution is 2.17. The van der Waals surface area contributed by atoms with Crippen LogP contribution in [0.1, 0.15) is 28.8 Å². The highest BCUT2D eigenvalue weighted by atomic mass is 16.4. The fraction of sp³-hybridized carbons (Fsp3) is 0.400. The van der Waals surface area contributed by atoms with Crippen LogP contribution in [0.3, 0.4) is 0 Å². The summed E-state index contributed by atoms with van der Waals surface area (Å²) in [6, 6.07) is 9.81. The van der Waals surface area contributed by atoms with Crippen molar-refractivity contribution in [1.82, 2.24) is 19.6 Å². The number of carboxylic acids is 1. The molecule has 8 heteroatoms. The molecule has 148 valence electrons. The van der Waals surface area contributed by atoms with Crippen molar-refractivity contribution in [2.45, 2.75) is 19.4 Å². The lowest BCUT2D eigenvalue weighted by Gasteiger charge is -2.31. The van der Waals surface area contributed by atoms with E-state index in [9.17, 15) is 14.4 Å². The fourth-order valence-corrected chi connectivity index (χ4v) is 3.30. The van der Waals surface area contributed by atoms with Crippen LogP contribution in [0.4, 0.5) is 0 Å². The number of likely N-dealkylation sites (tertiary alicyclic amines) is 1. The number of rotatable bonds is 6. The Bertz CT molecular complexity index is 841. The summed E-state index contributed by atoms with van der Waals surface area (Å²) >= 11 is 0. The van der Waals surface area contributed by atoms with Crippen LogP contribution in [0.25, 0.3) is 0 Å². The standard InChI is InChI=1S/C20H24N4O4/c1-22(14-18(25)23-9-7-16(8-10-23)20(27)28)19(26)17-11-21-24(13-17)12-15-5-3-2-4-6-15/h2-6,11,13,16H,7-10,12,14H2,1H3,(H,27,28). The second-order valence-electron chi connectivity index (χ2n) is 7.07. The van der Waals surface area contributed by atoms with Crippen molar-refractivity contribution < 1.29 is 19.5 Å². The van der Waals surface area contributed by atoms with Crippen molar-refractivity contribution in [1.29, 1.82) is 0 Å². The molecule has 0 spiro atoms. The summed E-state index contributed by atoms with van der Waals surface area (Å²) in [5.41, 5.74) is 1.51. The van der Waals surface area contributed by atoms with Gasteiger partial charge in [-0.15, -0.1) is 0 Å². The van der Waals surface area contributed by atoms with Crippen molar-refractivity contribution >= 4 is 17.8 Å². The molecular formula is C20H24N4O4. The first-order chi connectivity index (χ1) is 13.4. The lowest BCUT2D eigenvalue weighted by molar-refractivity contribution is -0.145. The van der Waals surface area contributed by atoms with Gasteiger partial charge in [-0.25, -0.2) is 0 Å². The Balaban J connectivity index is 1.53. The van der Waals surface area contributed by atoms with Gasteiger partial charge < -0.3 is 14.9 Å². The molecule has 0 aliphatic carbocycles. The predicted octanol–water partition coefficient (Wildman–Crippen LogP) is 1.33. The second-order valence-corrected chi connectivity index (χ2v) is 7.07. The molecule has 1 aromatic carbocycles. The van der Waals surface area contributed by atoms with Crippen LogP contribution in [0, 0.1) is 5.92 Å². The first kappa shape index (κ1) is 19.6. The normalized spacial score (nSPS) is 14.7. The molecular weight excluding hydrogens is 360 g/mol. The lowest BCUT2D eigenvalue weighted by Crippen LogP contribution is -2.45. The van der Waals surface area contributed by atoms with Crippen LogP contribution in [0.5, 0.6) is 0 Å². The number of aliphatic carboxylic acids is 1. The fourth-order valence-electron chi connectivity index (χ4n) is 3.30. The van der Waals surface area contributed by atoms with Crippen molar-refractivity contribution in [2.75, 3.05) is 26.7 Å². The molecule has 1 aliphatic rings.